The highest BCUT2D eigenvalue weighted by molar-refractivity contribution is 8.70. The van der Waals surface area contributed by atoms with Crippen LogP contribution < -0.4 is 5.09 Å². The van der Waals surface area contributed by atoms with Gasteiger partial charge in [-0.05, 0) is 35.8 Å². The molecule has 2 aromatic carbocycles. The van der Waals surface area contributed by atoms with Gasteiger partial charge in [0.2, 0.25) is 0 Å². The standard InChI is InChI=1S/C23H25N4PS3/c29-28(31-17-19-12-6-2-7-13-19)25-22-21(27-15-9-3-8-14-20(27)24-22)23(26-28)30-16-18-10-4-1-5-11-18/h1-2,4-7,10-13H,3,8-9,14-17H2,(H,25,26,29). The van der Waals surface area contributed by atoms with E-state index in [1.54, 1.807) is 23.1 Å². The fourth-order valence-corrected chi connectivity index (χ4v) is 9.92. The van der Waals surface area contributed by atoms with Gasteiger partial charge in [0.25, 0.3) is 0 Å². The lowest BCUT2D eigenvalue weighted by molar-refractivity contribution is 0.632. The van der Waals surface area contributed by atoms with Crippen LogP contribution in [-0.2, 0) is 36.3 Å². The second kappa shape index (κ2) is 9.53. The number of nitrogens with one attached hydrogen (secondary N) is 1. The highest BCUT2D eigenvalue weighted by Crippen LogP contribution is 2.63. The smallest absolute Gasteiger partial charge is 0.198 e. The van der Waals surface area contributed by atoms with E-state index in [9.17, 15) is 0 Å². The minimum absolute atomic E-state index is 0.855. The largest absolute Gasteiger partial charge is 0.324 e. The van der Waals surface area contributed by atoms with Crippen molar-refractivity contribution in [2.45, 2.75) is 43.7 Å². The summed E-state index contributed by atoms with van der Waals surface area (Å²) in [6.45, 7) is 1.02. The molecule has 1 atom stereocenters. The van der Waals surface area contributed by atoms with Gasteiger partial charge < -0.3 is 9.65 Å². The first kappa shape index (κ1) is 21.3. The molecule has 4 nitrogen and oxygen atoms in total. The number of hydrogen-bond acceptors (Lipinski definition) is 4. The Morgan fingerprint density at radius 3 is 2.39 bits per heavy atom. The Morgan fingerprint density at radius 2 is 1.65 bits per heavy atom. The monoisotopic (exact) mass is 484 g/mol. The lowest BCUT2D eigenvalue weighted by atomic mass is 10.2. The van der Waals surface area contributed by atoms with Gasteiger partial charge in [-0.3, -0.25) is 0 Å². The third-order valence-corrected chi connectivity index (χ3v) is 11.8. The van der Waals surface area contributed by atoms with Crippen molar-refractivity contribution in [3.05, 3.63) is 83.3 Å². The molecule has 0 amide bonds. The van der Waals surface area contributed by atoms with Gasteiger partial charge in [-0.25, -0.2) is 9.75 Å². The molecule has 2 aliphatic rings. The summed E-state index contributed by atoms with van der Waals surface area (Å²) in [5, 5.41) is 4.66. The van der Waals surface area contributed by atoms with Crippen molar-refractivity contribution >= 4 is 51.4 Å². The van der Waals surface area contributed by atoms with Crippen molar-refractivity contribution in [2.75, 3.05) is 5.09 Å². The average molecular weight is 485 g/mol. The Balaban J connectivity index is 1.46. The third-order valence-electron chi connectivity index (χ3n) is 5.47. The number of hydrogen-bond donors (Lipinski definition) is 1. The number of fused-ring (bicyclic) bond motifs is 3. The highest BCUT2D eigenvalue weighted by atomic mass is 32.9. The Labute approximate surface area is 197 Å². The molecule has 1 unspecified atom stereocenters. The number of aryl methyl sites for hydroxylation is 1. The van der Waals surface area contributed by atoms with Crippen molar-refractivity contribution in [3.63, 3.8) is 0 Å². The van der Waals surface area contributed by atoms with Crippen LogP contribution in [0.2, 0.25) is 0 Å². The molecule has 3 heterocycles. The maximum Gasteiger partial charge on any atom is 0.198 e. The van der Waals surface area contributed by atoms with Crippen LogP contribution in [0.25, 0.3) is 0 Å². The van der Waals surface area contributed by atoms with Crippen LogP contribution in [-0.4, -0.2) is 14.6 Å². The zero-order chi connectivity index (χ0) is 21.1. The SMILES string of the molecule is S=P1(SCc2ccccc2)N=C(SCc2ccccc2)c2c(nc3n2CCCCC3)N1. The summed E-state index contributed by atoms with van der Waals surface area (Å²) in [7, 11) is 0. The van der Waals surface area contributed by atoms with Crippen molar-refractivity contribution in [2.24, 2.45) is 4.76 Å². The normalized spacial score (nSPS) is 20.2. The van der Waals surface area contributed by atoms with Gasteiger partial charge in [0, 0.05) is 24.5 Å². The molecule has 0 aliphatic carbocycles. The summed E-state index contributed by atoms with van der Waals surface area (Å²) in [4.78, 5) is 5.01. The van der Waals surface area contributed by atoms with Crippen molar-refractivity contribution in [1.29, 1.82) is 0 Å². The summed E-state index contributed by atoms with van der Waals surface area (Å²) in [6, 6.07) is 21.1. The Kier molecular flexibility index (Phi) is 6.56. The fraction of sp³-hybridized carbons (Fsp3) is 0.304. The van der Waals surface area contributed by atoms with Gasteiger partial charge in [-0.1, -0.05) is 90.2 Å². The molecule has 5 rings (SSSR count). The Bertz CT molecular complexity index is 1130. The number of thioether (sulfide) groups is 1. The molecule has 0 saturated carbocycles. The average Bonchev–Trinajstić information content (AvgIpc) is 2.98. The number of aromatic nitrogens is 2. The zero-order valence-electron chi connectivity index (χ0n) is 17.2. The van der Waals surface area contributed by atoms with Crippen molar-refractivity contribution in [1.82, 2.24) is 9.55 Å². The van der Waals surface area contributed by atoms with Crippen LogP contribution in [0.15, 0.2) is 65.4 Å². The molecule has 0 radical (unpaired) electrons. The van der Waals surface area contributed by atoms with E-state index in [1.807, 2.05) is 6.07 Å². The van der Waals surface area contributed by atoms with E-state index in [-0.39, 0.29) is 0 Å². The number of nitrogens with zero attached hydrogens (tertiary/aromatic N) is 3. The summed E-state index contributed by atoms with van der Waals surface area (Å²) in [6.07, 6.45) is 4.70. The summed E-state index contributed by atoms with van der Waals surface area (Å²) in [5.74, 6) is 3.87. The van der Waals surface area contributed by atoms with E-state index in [2.05, 4.69) is 64.3 Å². The maximum atomic E-state index is 6.12. The fourth-order valence-electron chi connectivity index (χ4n) is 3.90. The summed E-state index contributed by atoms with van der Waals surface area (Å²) < 4.78 is 7.59. The predicted molar refractivity (Wildman–Crippen MR) is 140 cm³/mol. The molecule has 0 fully saturated rings. The molecular weight excluding hydrogens is 459 g/mol. The van der Waals surface area contributed by atoms with E-state index in [1.165, 1.54) is 36.2 Å². The van der Waals surface area contributed by atoms with Gasteiger partial charge in [0.1, 0.15) is 16.6 Å². The second-order valence-corrected chi connectivity index (χ2v) is 15.4. The first-order valence-electron chi connectivity index (χ1n) is 10.6. The van der Waals surface area contributed by atoms with E-state index in [0.29, 0.717) is 0 Å². The Hall–Kier alpha value is -1.53. The molecule has 2 aliphatic heterocycles. The van der Waals surface area contributed by atoms with Gasteiger partial charge in [0.15, 0.2) is 11.4 Å². The van der Waals surface area contributed by atoms with Gasteiger partial charge >= 0.3 is 0 Å². The molecule has 0 bridgehead atoms. The molecule has 160 valence electrons. The zero-order valence-corrected chi connectivity index (χ0v) is 20.6. The van der Waals surface area contributed by atoms with Crippen LogP contribution in [0.5, 0.6) is 0 Å². The third kappa shape index (κ3) is 4.95. The molecule has 1 N–H and O–H groups in total. The molecule has 1 aromatic heterocycles. The van der Waals surface area contributed by atoms with Crippen molar-refractivity contribution in [3.8, 4) is 0 Å². The lowest BCUT2D eigenvalue weighted by Crippen LogP contribution is -2.14. The van der Waals surface area contributed by atoms with Crippen LogP contribution in [0.3, 0.4) is 0 Å². The van der Waals surface area contributed by atoms with Crippen molar-refractivity contribution < 1.29 is 0 Å². The predicted octanol–water partition coefficient (Wildman–Crippen LogP) is 6.87. The number of benzene rings is 2. The minimum atomic E-state index is -2.22. The topological polar surface area (TPSA) is 42.2 Å². The van der Waals surface area contributed by atoms with Gasteiger partial charge in [-0.2, -0.15) is 0 Å². The quantitative estimate of drug-likeness (QED) is 0.400. The lowest BCUT2D eigenvalue weighted by Gasteiger charge is -2.25. The molecule has 8 heteroatoms. The van der Waals surface area contributed by atoms with Crippen LogP contribution in [0.1, 0.15) is 41.9 Å². The highest BCUT2D eigenvalue weighted by Gasteiger charge is 2.32. The van der Waals surface area contributed by atoms with Crippen LogP contribution in [0, 0.1) is 0 Å². The number of anilines is 1. The molecular formula is C23H25N4PS3. The van der Waals surface area contributed by atoms with E-state index < -0.39 is 5.54 Å². The van der Waals surface area contributed by atoms with Crippen LogP contribution >= 0.6 is 28.7 Å². The van der Waals surface area contributed by atoms with Crippen LogP contribution in [0.4, 0.5) is 5.82 Å². The minimum Gasteiger partial charge on any atom is -0.324 e. The first-order chi connectivity index (χ1) is 15.2. The van der Waals surface area contributed by atoms with E-state index >= 15 is 0 Å². The number of rotatable bonds is 5. The summed E-state index contributed by atoms with van der Waals surface area (Å²) in [5.41, 5.74) is 1.51. The van der Waals surface area contributed by atoms with Gasteiger partial charge in [-0.15, -0.1) is 0 Å². The van der Waals surface area contributed by atoms with E-state index in [0.717, 1.165) is 41.0 Å². The molecule has 0 spiro atoms. The number of imidazole rings is 1. The Morgan fingerprint density at radius 1 is 0.935 bits per heavy atom. The first-order valence-corrected chi connectivity index (χ1v) is 16.0. The maximum absolute atomic E-state index is 6.12. The van der Waals surface area contributed by atoms with Gasteiger partial charge in [0.05, 0.1) is 0 Å². The summed E-state index contributed by atoms with van der Waals surface area (Å²) >= 11 is 9.67. The molecule has 3 aromatic rings. The molecule has 31 heavy (non-hydrogen) atoms. The molecule has 0 saturated heterocycles. The second-order valence-electron chi connectivity index (χ2n) is 7.76. The van der Waals surface area contributed by atoms with E-state index in [4.69, 9.17) is 21.6 Å².